The molecule has 31 heavy (non-hydrogen) atoms. The zero-order chi connectivity index (χ0) is 22.0. The fourth-order valence-electron chi connectivity index (χ4n) is 3.51. The van der Waals surface area contributed by atoms with Crippen LogP contribution in [0.1, 0.15) is 27.9 Å². The Morgan fingerprint density at radius 3 is 2.84 bits per heavy atom. The molecule has 0 saturated carbocycles. The topological polar surface area (TPSA) is 68.6 Å². The minimum Gasteiger partial charge on any atom is -0.452 e. The van der Waals surface area contributed by atoms with E-state index in [9.17, 15) is 4.39 Å². The Morgan fingerprint density at radius 2 is 2.03 bits per heavy atom. The van der Waals surface area contributed by atoms with Crippen molar-refractivity contribution in [3.63, 3.8) is 0 Å². The lowest BCUT2D eigenvalue weighted by Crippen LogP contribution is -2.37. The summed E-state index contributed by atoms with van der Waals surface area (Å²) >= 11 is 5.88. The molecule has 3 aromatic rings. The number of amidine groups is 1. The van der Waals surface area contributed by atoms with Crippen molar-refractivity contribution < 1.29 is 14.0 Å². The number of nitrogens with zero attached hydrogens (tertiary/aromatic N) is 3. The number of ether oxygens (including phenoxy) is 1. The van der Waals surface area contributed by atoms with Gasteiger partial charge in [-0.25, -0.2) is 9.87 Å². The summed E-state index contributed by atoms with van der Waals surface area (Å²) in [4.78, 5) is 10.4. The smallest absolute Gasteiger partial charge is 0.184 e. The normalized spacial score (nSPS) is 15.9. The monoisotopic (exact) mass is 440 g/mol. The first-order chi connectivity index (χ1) is 14.9. The van der Waals surface area contributed by atoms with E-state index in [0.717, 1.165) is 6.42 Å². The number of hydrogen-bond acceptors (Lipinski definition) is 6. The van der Waals surface area contributed by atoms with E-state index in [1.54, 1.807) is 13.0 Å². The Hall–Kier alpha value is -3.03. The van der Waals surface area contributed by atoms with Gasteiger partial charge in [0.05, 0.1) is 35.1 Å². The molecule has 1 aromatic heterocycles. The van der Waals surface area contributed by atoms with Crippen molar-refractivity contribution >= 4 is 17.4 Å². The van der Waals surface area contributed by atoms with Crippen LogP contribution in [-0.2, 0) is 11.3 Å². The van der Waals surface area contributed by atoms with E-state index in [1.807, 2.05) is 0 Å². The lowest BCUT2D eigenvalue weighted by atomic mass is 9.99. The van der Waals surface area contributed by atoms with Crippen LogP contribution in [0.3, 0.4) is 0 Å². The Kier molecular flexibility index (Phi) is 6.15. The highest BCUT2D eigenvalue weighted by molar-refractivity contribution is 6.30. The second kappa shape index (κ2) is 8.99. The van der Waals surface area contributed by atoms with E-state index < -0.39 is 5.82 Å². The number of aliphatic imine (C=N–C) groups is 1. The summed E-state index contributed by atoms with van der Waals surface area (Å²) in [7, 11) is 0. The number of aromatic nitrogens is 2. The van der Waals surface area contributed by atoms with Crippen molar-refractivity contribution in [1.82, 2.24) is 15.7 Å². The van der Waals surface area contributed by atoms with Crippen LogP contribution in [0.4, 0.5) is 4.39 Å². The van der Waals surface area contributed by atoms with Crippen molar-refractivity contribution in [2.75, 3.05) is 6.61 Å². The van der Waals surface area contributed by atoms with E-state index in [4.69, 9.17) is 26.2 Å². The second-order valence-electron chi connectivity index (χ2n) is 7.50. The molecule has 8 heteroatoms. The lowest BCUT2D eigenvalue weighted by Gasteiger charge is -2.24. The molecule has 0 unspecified atom stereocenters. The molecule has 1 atom stereocenters. The van der Waals surface area contributed by atoms with Gasteiger partial charge in [-0.1, -0.05) is 41.4 Å². The lowest BCUT2D eigenvalue weighted by molar-refractivity contribution is 0.0622. The maximum atomic E-state index is 14.4. The quantitative estimate of drug-likeness (QED) is 0.612. The van der Waals surface area contributed by atoms with Gasteiger partial charge in [-0.05, 0) is 50.5 Å². The summed E-state index contributed by atoms with van der Waals surface area (Å²) < 4.78 is 20.2. The first-order valence-electron chi connectivity index (χ1n) is 9.88. The number of nitrogens with one attached hydrogen (secondary N) is 1. The highest BCUT2D eigenvalue weighted by atomic mass is 35.5. The standard InChI is InChI=1S/C23H22ClFN4O2/c1-13-7-8-16(14(2)9-13)10-17-12-30-29-23(27-17)21-15(3)28-26-11-20(21)31-19-6-4-5-18(24)22(19)25/h4-9,11,17H,10,12H2,1-3H3,(H,27,29)/t17-/m1/s1. The van der Waals surface area contributed by atoms with E-state index in [-0.39, 0.29) is 16.8 Å². The van der Waals surface area contributed by atoms with Crippen LogP contribution in [0, 0.1) is 26.6 Å². The van der Waals surface area contributed by atoms with Crippen LogP contribution in [0.2, 0.25) is 5.02 Å². The van der Waals surface area contributed by atoms with E-state index in [1.165, 1.54) is 35.0 Å². The number of hydroxylamine groups is 1. The zero-order valence-corrected chi connectivity index (χ0v) is 18.2. The third kappa shape index (κ3) is 4.68. The number of hydrogen-bond donors (Lipinski definition) is 1. The Morgan fingerprint density at radius 1 is 1.19 bits per heavy atom. The molecule has 160 valence electrons. The Bertz CT molecular complexity index is 1150. The second-order valence-corrected chi connectivity index (χ2v) is 7.91. The number of benzene rings is 2. The first kappa shape index (κ1) is 21.2. The van der Waals surface area contributed by atoms with Gasteiger partial charge in [0.25, 0.3) is 0 Å². The molecule has 4 rings (SSSR count). The van der Waals surface area contributed by atoms with Gasteiger partial charge in [-0.2, -0.15) is 10.2 Å². The molecule has 1 aliphatic rings. The van der Waals surface area contributed by atoms with Crippen molar-refractivity contribution in [3.8, 4) is 11.5 Å². The first-order valence-corrected chi connectivity index (χ1v) is 10.3. The molecule has 0 spiro atoms. The number of halogens is 2. The number of rotatable bonds is 5. The minimum atomic E-state index is -0.646. The van der Waals surface area contributed by atoms with Gasteiger partial charge in [0.2, 0.25) is 0 Å². The van der Waals surface area contributed by atoms with Crippen LogP contribution in [0.25, 0.3) is 0 Å². The van der Waals surface area contributed by atoms with Crippen LogP contribution in [0.15, 0.2) is 47.6 Å². The molecule has 2 aromatic carbocycles. The maximum Gasteiger partial charge on any atom is 0.184 e. The average molecular weight is 441 g/mol. The van der Waals surface area contributed by atoms with E-state index in [0.29, 0.717) is 29.4 Å². The Labute approximate surface area is 185 Å². The largest absolute Gasteiger partial charge is 0.452 e. The van der Waals surface area contributed by atoms with Gasteiger partial charge >= 0.3 is 0 Å². The molecule has 0 fully saturated rings. The fraction of sp³-hybridized carbons (Fsp3) is 0.261. The van der Waals surface area contributed by atoms with Gasteiger partial charge in [-0.3, -0.25) is 9.83 Å². The average Bonchev–Trinajstić information content (AvgIpc) is 2.74. The maximum absolute atomic E-state index is 14.4. The minimum absolute atomic E-state index is 0.00897. The molecule has 0 bridgehead atoms. The third-order valence-electron chi connectivity index (χ3n) is 5.07. The van der Waals surface area contributed by atoms with Crippen molar-refractivity contribution in [1.29, 1.82) is 0 Å². The van der Waals surface area contributed by atoms with Crippen molar-refractivity contribution in [2.24, 2.45) is 4.99 Å². The van der Waals surface area contributed by atoms with Crippen LogP contribution < -0.4 is 10.2 Å². The van der Waals surface area contributed by atoms with E-state index >= 15 is 0 Å². The summed E-state index contributed by atoms with van der Waals surface area (Å²) in [6, 6.07) is 10.8. The zero-order valence-electron chi connectivity index (χ0n) is 17.4. The molecular weight excluding hydrogens is 419 g/mol. The highest BCUT2D eigenvalue weighted by Gasteiger charge is 2.24. The van der Waals surface area contributed by atoms with Gasteiger partial charge in [0.1, 0.15) is 0 Å². The molecule has 2 heterocycles. The number of aryl methyl sites for hydroxylation is 3. The van der Waals surface area contributed by atoms with Gasteiger partial charge in [0.15, 0.2) is 23.2 Å². The van der Waals surface area contributed by atoms with Crippen LogP contribution >= 0.6 is 11.6 Å². The highest BCUT2D eigenvalue weighted by Crippen LogP contribution is 2.31. The third-order valence-corrected chi connectivity index (χ3v) is 5.37. The van der Waals surface area contributed by atoms with Crippen molar-refractivity contribution in [3.05, 3.63) is 81.4 Å². The predicted molar refractivity (Wildman–Crippen MR) is 117 cm³/mol. The molecule has 6 nitrogen and oxygen atoms in total. The molecule has 0 aliphatic carbocycles. The van der Waals surface area contributed by atoms with Crippen LogP contribution in [-0.4, -0.2) is 28.7 Å². The Balaban J connectivity index is 1.66. The molecule has 0 amide bonds. The van der Waals surface area contributed by atoms with Gasteiger partial charge in [-0.15, -0.1) is 0 Å². The van der Waals surface area contributed by atoms with Crippen molar-refractivity contribution in [2.45, 2.75) is 33.2 Å². The fourth-order valence-corrected chi connectivity index (χ4v) is 3.67. The van der Waals surface area contributed by atoms with E-state index in [2.05, 4.69) is 47.7 Å². The molecule has 0 saturated heterocycles. The molecule has 1 N–H and O–H groups in total. The van der Waals surface area contributed by atoms with Crippen LogP contribution in [0.5, 0.6) is 11.5 Å². The summed E-state index contributed by atoms with van der Waals surface area (Å²) in [6.07, 6.45) is 2.15. The predicted octanol–water partition coefficient (Wildman–Crippen LogP) is 4.88. The summed E-state index contributed by atoms with van der Waals surface area (Å²) in [5.41, 5.74) is 7.63. The molecule has 0 radical (unpaired) electrons. The SMILES string of the molecule is Cc1ccc(C[C@@H]2CONC(c3c(Oc4cccc(Cl)c4F)cnnc3C)=N2)c(C)c1. The summed E-state index contributed by atoms with van der Waals surface area (Å²) in [6.45, 7) is 6.37. The summed E-state index contributed by atoms with van der Waals surface area (Å²) in [5.74, 6) is 0.110. The van der Waals surface area contributed by atoms with Gasteiger partial charge in [0, 0.05) is 0 Å². The molecule has 1 aliphatic heterocycles. The van der Waals surface area contributed by atoms with Gasteiger partial charge < -0.3 is 4.74 Å². The molecular formula is C23H22ClFN4O2. The summed E-state index contributed by atoms with van der Waals surface area (Å²) in [5, 5.41) is 8.02.